The summed E-state index contributed by atoms with van der Waals surface area (Å²) in [4.78, 5) is 23.2. The third kappa shape index (κ3) is 3.93. The molecule has 86 valence electrons. The van der Waals surface area contributed by atoms with Crippen LogP contribution in [0.4, 0.5) is 8.78 Å². The quantitative estimate of drug-likeness (QED) is 0.723. The fourth-order valence-electron chi connectivity index (χ4n) is 1.62. The second-order valence-corrected chi connectivity index (χ2v) is 3.98. The van der Waals surface area contributed by atoms with E-state index in [-0.39, 0.29) is 31.0 Å². The molecule has 1 saturated heterocycles. The van der Waals surface area contributed by atoms with Crippen molar-refractivity contribution < 1.29 is 18.4 Å². The Labute approximate surface area is 87.4 Å². The molecule has 15 heavy (non-hydrogen) atoms. The lowest BCUT2D eigenvalue weighted by Gasteiger charge is -2.32. The minimum Gasteiger partial charge on any atom is -0.337 e. The minimum absolute atomic E-state index is 0.0470. The summed E-state index contributed by atoms with van der Waals surface area (Å²) in [5.74, 6) is -3.19. The van der Waals surface area contributed by atoms with E-state index in [1.165, 1.54) is 6.92 Å². The third-order valence-electron chi connectivity index (χ3n) is 2.44. The van der Waals surface area contributed by atoms with Crippen LogP contribution >= 0.6 is 0 Å². The Bertz CT molecular complexity index is 266. The van der Waals surface area contributed by atoms with Crippen molar-refractivity contribution in [1.29, 1.82) is 0 Å². The number of hydrogen-bond donors (Lipinski definition) is 0. The van der Waals surface area contributed by atoms with Crippen LogP contribution in [0.3, 0.4) is 0 Å². The largest absolute Gasteiger partial charge is 0.337 e. The molecule has 1 rings (SSSR count). The number of alkyl halides is 2. The third-order valence-corrected chi connectivity index (χ3v) is 2.44. The first kappa shape index (κ1) is 12.1. The van der Waals surface area contributed by atoms with Crippen LogP contribution in [0.15, 0.2) is 0 Å². The van der Waals surface area contributed by atoms with Gasteiger partial charge in [0.15, 0.2) is 0 Å². The predicted octanol–water partition coefficient (Wildman–Crippen LogP) is 1.61. The van der Waals surface area contributed by atoms with Crippen molar-refractivity contribution in [3.63, 3.8) is 0 Å². The summed E-state index contributed by atoms with van der Waals surface area (Å²) >= 11 is 0. The van der Waals surface area contributed by atoms with E-state index in [1.807, 2.05) is 0 Å². The van der Waals surface area contributed by atoms with Crippen LogP contribution in [0.25, 0.3) is 0 Å². The maximum absolute atomic E-state index is 13.0. The number of rotatable bonds is 3. The van der Waals surface area contributed by atoms with Gasteiger partial charge in [-0.2, -0.15) is 0 Å². The number of ketones is 1. The summed E-state index contributed by atoms with van der Waals surface area (Å²) in [7, 11) is 0. The van der Waals surface area contributed by atoms with Crippen LogP contribution in [-0.2, 0) is 9.59 Å². The van der Waals surface area contributed by atoms with E-state index in [9.17, 15) is 18.4 Å². The molecule has 0 saturated carbocycles. The van der Waals surface area contributed by atoms with Crippen molar-refractivity contribution in [2.24, 2.45) is 0 Å². The van der Waals surface area contributed by atoms with Crippen LogP contribution in [0.2, 0.25) is 0 Å². The number of hydrogen-bond acceptors (Lipinski definition) is 2. The van der Waals surface area contributed by atoms with E-state index in [4.69, 9.17) is 0 Å². The van der Waals surface area contributed by atoms with E-state index in [2.05, 4.69) is 0 Å². The molecular weight excluding hydrogens is 204 g/mol. The second kappa shape index (κ2) is 4.68. The summed E-state index contributed by atoms with van der Waals surface area (Å²) < 4.78 is 25.9. The lowest BCUT2D eigenvalue weighted by atomic mass is 10.1. The Kier molecular flexibility index (Phi) is 3.77. The van der Waals surface area contributed by atoms with Gasteiger partial charge in [0.1, 0.15) is 5.78 Å². The standard InChI is InChI=1S/C10H15F2NO2/c1-8(14)3-4-9(15)13-6-2-5-10(11,12)7-13/h2-7H2,1H3. The van der Waals surface area contributed by atoms with Gasteiger partial charge in [-0.15, -0.1) is 0 Å². The van der Waals surface area contributed by atoms with Crippen LogP contribution in [-0.4, -0.2) is 35.6 Å². The maximum atomic E-state index is 13.0. The van der Waals surface area contributed by atoms with Crippen molar-refractivity contribution >= 4 is 11.7 Å². The number of amides is 1. The molecule has 0 N–H and O–H groups in total. The predicted molar refractivity (Wildman–Crippen MR) is 50.7 cm³/mol. The maximum Gasteiger partial charge on any atom is 0.265 e. The number of carbonyl (C=O) groups excluding carboxylic acids is 2. The lowest BCUT2D eigenvalue weighted by molar-refractivity contribution is -0.142. The molecule has 0 aromatic heterocycles. The Balaban J connectivity index is 2.42. The zero-order valence-corrected chi connectivity index (χ0v) is 8.76. The Morgan fingerprint density at radius 1 is 1.33 bits per heavy atom. The molecule has 3 nitrogen and oxygen atoms in total. The number of piperidine rings is 1. The molecule has 0 aliphatic carbocycles. The smallest absolute Gasteiger partial charge is 0.265 e. The first-order valence-corrected chi connectivity index (χ1v) is 5.06. The van der Waals surface area contributed by atoms with Gasteiger partial charge in [0, 0.05) is 25.8 Å². The highest BCUT2D eigenvalue weighted by molar-refractivity contribution is 5.83. The first-order valence-electron chi connectivity index (χ1n) is 5.06. The van der Waals surface area contributed by atoms with Crippen LogP contribution in [0, 0.1) is 0 Å². The van der Waals surface area contributed by atoms with Gasteiger partial charge in [-0.05, 0) is 13.3 Å². The van der Waals surface area contributed by atoms with Crippen molar-refractivity contribution in [2.45, 2.75) is 38.5 Å². The van der Waals surface area contributed by atoms with Gasteiger partial charge in [-0.25, -0.2) is 8.78 Å². The number of Topliss-reactive ketones (excluding diaryl/α,β-unsaturated/α-hetero) is 1. The van der Waals surface area contributed by atoms with Crippen molar-refractivity contribution in [1.82, 2.24) is 4.90 Å². The molecule has 0 unspecified atom stereocenters. The number of nitrogens with zero attached hydrogens (tertiary/aromatic N) is 1. The minimum atomic E-state index is -2.76. The molecule has 1 fully saturated rings. The van der Waals surface area contributed by atoms with E-state index in [0.29, 0.717) is 13.0 Å². The van der Waals surface area contributed by atoms with Crippen LogP contribution in [0.1, 0.15) is 32.6 Å². The number of likely N-dealkylation sites (tertiary alicyclic amines) is 1. The van der Waals surface area contributed by atoms with Gasteiger partial charge >= 0.3 is 0 Å². The fourth-order valence-corrected chi connectivity index (χ4v) is 1.62. The van der Waals surface area contributed by atoms with Crippen molar-refractivity contribution in [2.75, 3.05) is 13.1 Å². The molecule has 0 spiro atoms. The summed E-state index contributed by atoms with van der Waals surface area (Å²) in [6.45, 7) is 1.27. The first-order chi connectivity index (χ1) is 6.91. The molecule has 0 aromatic rings. The second-order valence-electron chi connectivity index (χ2n) is 3.98. The summed E-state index contributed by atoms with van der Waals surface area (Å²) in [5.41, 5.74) is 0. The molecule has 1 aliphatic heterocycles. The van der Waals surface area contributed by atoms with E-state index in [0.717, 1.165) is 4.90 Å². The molecule has 0 atom stereocenters. The molecule has 1 aliphatic rings. The summed E-state index contributed by atoms with van der Waals surface area (Å²) in [5, 5.41) is 0. The zero-order chi connectivity index (χ0) is 11.5. The van der Waals surface area contributed by atoms with Crippen LogP contribution in [0.5, 0.6) is 0 Å². The average Bonchev–Trinajstić information content (AvgIpc) is 2.12. The Morgan fingerprint density at radius 2 is 2.00 bits per heavy atom. The van der Waals surface area contributed by atoms with E-state index in [1.54, 1.807) is 0 Å². The van der Waals surface area contributed by atoms with E-state index < -0.39 is 12.5 Å². The molecule has 0 aromatic carbocycles. The normalized spacial score (nSPS) is 20.1. The Hall–Kier alpha value is -1.00. The van der Waals surface area contributed by atoms with Gasteiger partial charge in [-0.1, -0.05) is 0 Å². The van der Waals surface area contributed by atoms with Gasteiger partial charge in [0.05, 0.1) is 6.54 Å². The molecule has 1 amide bonds. The highest BCUT2D eigenvalue weighted by atomic mass is 19.3. The van der Waals surface area contributed by atoms with Crippen molar-refractivity contribution in [3.8, 4) is 0 Å². The topological polar surface area (TPSA) is 37.4 Å². The highest BCUT2D eigenvalue weighted by Gasteiger charge is 2.36. The molecular formula is C10H15F2NO2. The monoisotopic (exact) mass is 219 g/mol. The number of carbonyl (C=O) groups is 2. The molecule has 5 heteroatoms. The molecule has 0 radical (unpaired) electrons. The van der Waals surface area contributed by atoms with Crippen LogP contribution < -0.4 is 0 Å². The molecule has 1 heterocycles. The number of halogens is 2. The van der Waals surface area contributed by atoms with Gasteiger partial charge in [0.25, 0.3) is 5.92 Å². The zero-order valence-electron chi connectivity index (χ0n) is 8.76. The highest BCUT2D eigenvalue weighted by Crippen LogP contribution is 2.26. The van der Waals surface area contributed by atoms with Gasteiger partial charge in [-0.3, -0.25) is 4.79 Å². The fraction of sp³-hybridized carbons (Fsp3) is 0.800. The SMILES string of the molecule is CC(=O)CCC(=O)N1CCCC(F)(F)C1. The Morgan fingerprint density at radius 3 is 2.53 bits per heavy atom. The van der Waals surface area contributed by atoms with Gasteiger partial charge < -0.3 is 9.69 Å². The van der Waals surface area contributed by atoms with Gasteiger partial charge in [0.2, 0.25) is 5.91 Å². The lowest BCUT2D eigenvalue weighted by Crippen LogP contribution is -2.45. The van der Waals surface area contributed by atoms with E-state index >= 15 is 0 Å². The molecule has 0 bridgehead atoms. The summed E-state index contributed by atoms with van der Waals surface area (Å²) in [6.07, 6.45) is 0.370. The van der Waals surface area contributed by atoms with Crippen molar-refractivity contribution in [3.05, 3.63) is 0 Å². The summed E-state index contributed by atoms with van der Waals surface area (Å²) in [6, 6.07) is 0. The average molecular weight is 219 g/mol.